The Kier molecular flexibility index (Phi) is 3.96. The molecule has 4 aromatic rings. The van der Waals surface area contributed by atoms with E-state index in [4.69, 9.17) is 0 Å². The van der Waals surface area contributed by atoms with Crippen LogP contribution in [0.2, 0.25) is 0 Å². The summed E-state index contributed by atoms with van der Waals surface area (Å²) in [6, 6.07) is 38.8. The minimum atomic E-state index is -1.20. The van der Waals surface area contributed by atoms with E-state index < -0.39 is 5.60 Å². The predicted molar refractivity (Wildman–Crippen MR) is 115 cm³/mol. The van der Waals surface area contributed by atoms with Gasteiger partial charge in [-0.05, 0) is 27.8 Å². The van der Waals surface area contributed by atoms with Gasteiger partial charge in [0.2, 0.25) is 0 Å². The minimum Gasteiger partial charge on any atom is -0.376 e. The molecule has 1 nitrogen and oxygen atoms in total. The fraction of sp³-hybridized carbons (Fsp3) is 0.0370. The van der Waals surface area contributed by atoms with Crippen LogP contribution < -0.4 is 0 Å². The van der Waals surface area contributed by atoms with Crippen LogP contribution in [0, 0.1) is 0 Å². The Hall–Kier alpha value is -3.42. The average Bonchev–Trinajstić information content (AvgIpc) is 3.06. The zero-order chi connectivity index (χ0) is 19.0. The van der Waals surface area contributed by atoms with Crippen LogP contribution in [0.5, 0.6) is 0 Å². The Morgan fingerprint density at radius 2 is 1.00 bits per heavy atom. The first-order valence-electron chi connectivity index (χ1n) is 9.53. The highest BCUT2D eigenvalue weighted by Crippen LogP contribution is 2.54. The first-order chi connectivity index (χ1) is 13.8. The summed E-state index contributed by atoms with van der Waals surface area (Å²) in [6.45, 7) is 0. The van der Waals surface area contributed by atoms with Gasteiger partial charge in [0.25, 0.3) is 0 Å². The molecule has 1 heteroatoms. The molecule has 0 spiro atoms. The maximum Gasteiger partial charge on any atom is 0.142 e. The fourth-order valence-electron chi connectivity index (χ4n) is 4.31. The van der Waals surface area contributed by atoms with E-state index >= 15 is 0 Å². The largest absolute Gasteiger partial charge is 0.376 e. The fourth-order valence-corrected chi connectivity index (χ4v) is 4.31. The lowest BCUT2D eigenvalue weighted by Crippen LogP contribution is -2.27. The lowest BCUT2D eigenvalue weighted by molar-refractivity contribution is 0.148. The molecule has 0 amide bonds. The van der Waals surface area contributed by atoms with Crippen LogP contribution in [0.4, 0.5) is 0 Å². The highest BCUT2D eigenvalue weighted by molar-refractivity contribution is 6.08. The topological polar surface area (TPSA) is 20.2 Å². The van der Waals surface area contributed by atoms with E-state index in [9.17, 15) is 5.11 Å². The summed E-state index contributed by atoms with van der Waals surface area (Å²) in [5.74, 6) is 0. The molecule has 1 unspecified atom stereocenters. The van der Waals surface area contributed by atoms with E-state index in [2.05, 4.69) is 30.3 Å². The van der Waals surface area contributed by atoms with Gasteiger partial charge < -0.3 is 5.11 Å². The summed E-state index contributed by atoms with van der Waals surface area (Å²) in [4.78, 5) is 0. The average molecular weight is 360 g/mol. The predicted octanol–water partition coefficient (Wildman–Crippen LogP) is 5.90. The van der Waals surface area contributed by atoms with Crippen molar-refractivity contribution in [2.45, 2.75) is 5.60 Å². The molecule has 0 heterocycles. The maximum atomic E-state index is 12.3. The van der Waals surface area contributed by atoms with Crippen molar-refractivity contribution in [3.8, 4) is 0 Å². The Bertz CT molecular complexity index is 1140. The molecule has 5 rings (SSSR count). The van der Waals surface area contributed by atoms with E-state index in [-0.39, 0.29) is 0 Å². The summed E-state index contributed by atoms with van der Waals surface area (Å²) in [7, 11) is 0. The van der Waals surface area contributed by atoms with Crippen LogP contribution in [-0.4, -0.2) is 5.11 Å². The van der Waals surface area contributed by atoms with E-state index in [1.54, 1.807) is 0 Å². The summed E-state index contributed by atoms with van der Waals surface area (Å²) >= 11 is 0. The first kappa shape index (κ1) is 16.7. The van der Waals surface area contributed by atoms with Gasteiger partial charge in [-0.25, -0.2) is 0 Å². The molecular weight excluding hydrogens is 340 g/mol. The quantitative estimate of drug-likeness (QED) is 0.482. The van der Waals surface area contributed by atoms with Crippen molar-refractivity contribution in [2.24, 2.45) is 0 Å². The van der Waals surface area contributed by atoms with Gasteiger partial charge in [0.1, 0.15) is 5.60 Å². The van der Waals surface area contributed by atoms with Crippen LogP contribution in [0.25, 0.3) is 11.1 Å². The number of fused-ring (bicyclic) bond motifs is 1. The monoisotopic (exact) mass is 360 g/mol. The number of aliphatic hydroxyl groups is 1. The zero-order valence-electron chi connectivity index (χ0n) is 15.4. The molecule has 0 saturated carbocycles. The lowest BCUT2D eigenvalue weighted by atomic mass is 9.80. The number of rotatable bonds is 3. The summed E-state index contributed by atoms with van der Waals surface area (Å²) < 4.78 is 0. The van der Waals surface area contributed by atoms with Gasteiger partial charge in [-0.2, -0.15) is 0 Å². The molecule has 0 saturated heterocycles. The Morgan fingerprint density at radius 1 is 0.500 bits per heavy atom. The van der Waals surface area contributed by atoms with Crippen LogP contribution in [0.3, 0.4) is 0 Å². The Labute approximate surface area is 165 Å². The third-order valence-electron chi connectivity index (χ3n) is 5.51. The third-order valence-corrected chi connectivity index (χ3v) is 5.51. The smallest absolute Gasteiger partial charge is 0.142 e. The Morgan fingerprint density at radius 3 is 1.64 bits per heavy atom. The molecule has 1 atom stereocenters. The molecule has 28 heavy (non-hydrogen) atoms. The molecule has 0 aromatic heterocycles. The summed E-state index contributed by atoms with van der Waals surface area (Å²) in [6.07, 6.45) is 0. The van der Waals surface area contributed by atoms with Gasteiger partial charge in [-0.15, -0.1) is 0 Å². The van der Waals surface area contributed by atoms with Crippen LogP contribution in [0.15, 0.2) is 115 Å². The van der Waals surface area contributed by atoms with Crippen molar-refractivity contribution in [1.29, 1.82) is 0 Å². The van der Waals surface area contributed by atoms with Gasteiger partial charge in [-0.3, -0.25) is 0 Å². The molecule has 1 N–H and O–H groups in total. The van der Waals surface area contributed by atoms with Crippen molar-refractivity contribution >= 4 is 11.1 Å². The van der Waals surface area contributed by atoms with Gasteiger partial charge in [-0.1, -0.05) is 115 Å². The first-order valence-corrected chi connectivity index (χ1v) is 9.53. The molecule has 134 valence electrons. The number of hydrogen-bond donors (Lipinski definition) is 1. The second-order valence-corrected chi connectivity index (χ2v) is 7.10. The summed E-state index contributed by atoms with van der Waals surface area (Å²) in [5, 5.41) is 12.3. The van der Waals surface area contributed by atoms with Crippen LogP contribution in [-0.2, 0) is 5.60 Å². The van der Waals surface area contributed by atoms with E-state index in [0.717, 1.165) is 39.0 Å². The lowest BCUT2D eigenvalue weighted by Gasteiger charge is -2.29. The summed E-state index contributed by atoms with van der Waals surface area (Å²) in [5.41, 5.74) is 5.86. The van der Waals surface area contributed by atoms with Gasteiger partial charge in [0.05, 0.1) is 0 Å². The van der Waals surface area contributed by atoms with Crippen molar-refractivity contribution < 1.29 is 5.11 Å². The standard InChI is InChI=1S/C27H20O/c28-27(22-16-8-3-9-17-22)24-19-11-10-18-23(24)25(20-12-4-1-5-13-20)26(27)21-14-6-2-7-15-21/h1-19,28H. The molecule has 4 aromatic carbocycles. The second kappa shape index (κ2) is 6.63. The van der Waals surface area contributed by atoms with Gasteiger partial charge in [0, 0.05) is 11.1 Å². The van der Waals surface area contributed by atoms with Gasteiger partial charge >= 0.3 is 0 Å². The number of hydrogen-bond acceptors (Lipinski definition) is 1. The van der Waals surface area contributed by atoms with Crippen LogP contribution in [0.1, 0.15) is 27.8 Å². The van der Waals surface area contributed by atoms with E-state index in [1.807, 2.05) is 84.9 Å². The van der Waals surface area contributed by atoms with Crippen molar-refractivity contribution in [3.05, 3.63) is 143 Å². The van der Waals surface area contributed by atoms with Gasteiger partial charge in [0.15, 0.2) is 0 Å². The van der Waals surface area contributed by atoms with Crippen LogP contribution >= 0.6 is 0 Å². The van der Waals surface area contributed by atoms with E-state index in [0.29, 0.717) is 0 Å². The maximum absolute atomic E-state index is 12.3. The molecule has 1 aliphatic carbocycles. The second-order valence-electron chi connectivity index (χ2n) is 7.10. The highest BCUT2D eigenvalue weighted by atomic mass is 16.3. The Balaban J connectivity index is 1.92. The van der Waals surface area contributed by atoms with Crippen molar-refractivity contribution in [3.63, 3.8) is 0 Å². The molecule has 1 aliphatic rings. The molecule has 0 fully saturated rings. The number of benzene rings is 4. The molecule has 0 aliphatic heterocycles. The van der Waals surface area contributed by atoms with E-state index in [1.165, 1.54) is 0 Å². The minimum absolute atomic E-state index is 0.882. The third kappa shape index (κ3) is 2.45. The molecular formula is C27H20O. The van der Waals surface area contributed by atoms with Crippen molar-refractivity contribution in [2.75, 3.05) is 0 Å². The molecule has 0 radical (unpaired) electrons. The van der Waals surface area contributed by atoms with Crippen molar-refractivity contribution in [1.82, 2.24) is 0 Å². The SMILES string of the molecule is OC1(c2ccccc2)C(c2ccccc2)=C(c2ccccc2)c2ccccc21. The highest BCUT2D eigenvalue weighted by Gasteiger charge is 2.45. The molecule has 0 bridgehead atoms. The zero-order valence-corrected chi connectivity index (χ0v) is 15.4. The normalized spacial score (nSPS) is 18.2.